The van der Waals surface area contributed by atoms with Crippen molar-refractivity contribution in [2.75, 3.05) is 0 Å². The zero-order valence-electron chi connectivity index (χ0n) is 18.3. The van der Waals surface area contributed by atoms with Gasteiger partial charge in [-0.1, -0.05) is 42.5 Å². The molecule has 0 aliphatic heterocycles. The predicted molar refractivity (Wildman–Crippen MR) is 123 cm³/mol. The Kier molecular flexibility index (Phi) is 7.11. The van der Waals surface area contributed by atoms with Crippen LogP contribution in [0.15, 0.2) is 83.9 Å². The van der Waals surface area contributed by atoms with Crippen molar-refractivity contribution >= 4 is 24.0 Å². The van der Waals surface area contributed by atoms with Gasteiger partial charge in [0.05, 0.1) is 0 Å². The Bertz CT molecular complexity index is 1200. The summed E-state index contributed by atoms with van der Waals surface area (Å²) >= 11 is 0. The number of benzene rings is 3. The summed E-state index contributed by atoms with van der Waals surface area (Å²) in [6.07, 6.45) is -3.01. The molecule has 2 atom stereocenters. The molecule has 1 amide bonds. The number of carbonyl (C=O) groups is 1. The second kappa shape index (κ2) is 10.4. The third-order valence-electron chi connectivity index (χ3n) is 5.24. The number of quaternary nitrogens is 1. The summed E-state index contributed by atoms with van der Waals surface area (Å²) < 4.78 is 45.7. The van der Waals surface area contributed by atoms with Gasteiger partial charge in [-0.3, -0.25) is 10.7 Å². The van der Waals surface area contributed by atoms with Gasteiger partial charge in [-0.2, -0.15) is 4.99 Å². The zero-order valence-corrected chi connectivity index (χ0v) is 18.3. The molecule has 0 heterocycles. The number of para-hydroxylation sites is 1. The molecule has 180 valence electrons. The summed E-state index contributed by atoms with van der Waals surface area (Å²) in [4.78, 5) is 16.1. The second-order valence-electron chi connectivity index (χ2n) is 7.83. The minimum atomic E-state index is -4.73. The lowest BCUT2D eigenvalue weighted by Gasteiger charge is -2.08. The summed E-state index contributed by atoms with van der Waals surface area (Å²) in [5, 5.41) is 12.6. The van der Waals surface area contributed by atoms with Crippen LogP contribution in [0.5, 0.6) is 11.5 Å². The molecular weight excluding hydrogens is 461 g/mol. The molecule has 10 heteroatoms. The van der Waals surface area contributed by atoms with E-state index in [1.807, 2.05) is 18.2 Å². The minimum absolute atomic E-state index is 0.00273. The summed E-state index contributed by atoms with van der Waals surface area (Å²) in [5.41, 5.74) is 2.27. The topological polar surface area (TPSA) is 100 Å². The Morgan fingerprint density at radius 2 is 1.69 bits per heavy atom. The Morgan fingerprint density at radius 3 is 2.34 bits per heavy atom. The van der Waals surface area contributed by atoms with Gasteiger partial charge in [0, 0.05) is 29.7 Å². The average molecular weight is 483 g/mol. The number of nitrogens with zero attached hydrogens (tertiary/aromatic N) is 1. The Hall–Kier alpha value is -4.18. The van der Waals surface area contributed by atoms with Crippen molar-refractivity contribution in [1.29, 1.82) is 5.41 Å². The largest absolute Gasteiger partial charge is 0.573 e. The first-order valence-electron chi connectivity index (χ1n) is 10.7. The minimum Gasteiger partial charge on any atom is -0.410 e. The summed E-state index contributed by atoms with van der Waals surface area (Å²) in [6.45, 7) is 0. The standard InChI is InChI=1S/C25H21F3N4O3/c26-25(27,28)35-20-12-10-18(11-13-20)30-15-31-23(29)17-8-6-16(7-9-17)21-14-22(21)32-24(33)34-19-4-2-1-3-5-19/h1-13,15,21-22H,14H2,(H,32,33)(H2,29,30,31)/p+1. The van der Waals surface area contributed by atoms with E-state index < -0.39 is 12.5 Å². The molecule has 0 spiro atoms. The van der Waals surface area contributed by atoms with E-state index in [1.165, 1.54) is 30.6 Å². The number of nitrogens with two attached hydrogens (primary N) is 1. The number of carbonyl (C=O) groups excluding carboxylic acids is 1. The molecule has 4 rings (SSSR count). The molecule has 35 heavy (non-hydrogen) atoms. The van der Waals surface area contributed by atoms with E-state index in [4.69, 9.17) is 10.1 Å². The number of nitrogens with one attached hydrogen (secondary N) is 2. The number of rotatable bonds is 7. The molecule has 0 radical (unpaired) electrons. The van der Waals surface area contributed by atoms with Crippen molar-refractivity contribution in [2.45, 2.75) is 24.7 Å². The molecule has 1 aliphatic rings. The van der Waals surface area contributed by atoms with Crippen LogP contribution in [-0.4, -0.2) is 30.7 Å². The molecule has 1 saturated carbocycles. The van der Waals surface area contributed by atoms with Crippen LogP contribution in [-0.2, 0) is 0 Å². The fourth-order valence-corrected chi connectivity index (χ4v) is 3.44. The Balaban J connectivity index is 1.24. The SMILES string of the molecule is N=C(N=C[NH2+]c1ccc(OC(F)(F)F)cc1)c1ccc(C2CC2NC(=O)Oc2ccccc2)cc1. The van der Waals surface area contributed by atoms with Crippen LogP contribution in [0.4, 0.5) is 23.7 Å². The number of halogens is 3. The molecule has 3 aromatic carbocycles. The number of amidine groups is 1. The van der Waals surface area contributed by atoms with Gasteiger partial charge in [0.2, 0.25) is 0 Å². The Morgan fingerprint density at radius 1 is 1.00 bits per heavy atom. The van der Waals surface area contributed by atoms with E-state index >= 15 is 0 Å². The van der Waals surface area contributed by atoms with E-state index in [-0.39, 0.29) is 23.5 Å². The van der Waals surface area contributed by atoms with Gasteiger partial charge >= 0.3 is 12.5 Å². The third kappa shape index (κ3) is 7.15. The average Bonchev–Trinajstić information content (AvgIpc) is 3.58. The fourth-order valence-electron chi connectivity index (χ4n) is 3.44. The predicted octanol–water partition coefficient (Wildman–Crippen LogP) is 4.48. The van der Waals surface area contributed by atoms with Crippen molar-refractivity contribution in [3.05, 3.63) is 90.0 Å². The van der Waals surface area contributed by atoms with Crippen LogP contribution in [0.25, 0.3) is 0 Å². The van der Waals surface area contributed by atoms with Crippen molar-refractivity contribution in [1.82, 2.24) is 5.32 Å². The van der Waals surface area contributed by atoms with Gasteiger partial charge in [0.15, 0.2) is 12.2 Å². The van der Waals surface area contributed by atoms with E-state index in [0.717, 1.165) is 12.0 Å². The molecule has 1 fully saturated rings. The molecular formula is C25H22F3N4O3+. The highest BCUT2D eigenvalue weighted by Crippen LogP contribution is 2.40. The molecule has 0 bridgehead atoms. The van der Waals surface area contributed by atoms with E-state index in [2.05, 4.69) is 15.0 Å². The number of hydrogen-bond acceptors (Lipinski definition) is 4. The van der Waals surface area contributed by atoms with Crippen LogP contribution >= 0.6 is 0 Å². The summed E-state index contributed by atoms with van der Waals surface area (Å²) in [5.74, 6) is 0.403. The van der Waals surface area contributed by atoms with Gasteiger partial charge in [0.25, 0.3) is 0 Å². The van der Waals surface area contributed by atoms with Crippen molar-refractivity contribution in [3.63, 3.8) is 0 Å². The molecule has 0 saturated heterocycles. The number of aliphatic imine (C=N–C) groups is 1. The number of alkyl halides is 3. The highest BCUT2D eigenvalue weighted by molar-refractivity contribution is 5.99. The van der Waals surface area contributed by atoms with Gasteiger partial charge in [-0.05, 0) is 36.2 Å². The lowest BCUT2D eigenvalue weighted by Crippen LogP contribution is -2.76. The van der Waals surface area contributed by atoms with Crippen LogP contribution in [0.3, 0.4) is 0 Å². The zero-order chi connectivity index (χ0) is 24.8. The summed E-state index contributed by atoms with van der Waals surface area (Å²) in [6, 6.07) is 21.5. The Labute approximate surface area is 199 Å². The molecule has 7 nitrogen and oxygen atoms in total. The smallest absolute Gasteiger partial charge is 0.410 e. The van der Waals surface area contributed by atoms with Gasteiger partial charge in [-0.15, -0.1) is 13.2 Å². The van der Waals surface area contributed by atoms with E-state index in [0.29, 0.717) is 17.0 Å². The summed E-state index contributed by atoms with van der Waals surface area (Å²) in [7, 11) is 0. The van der Waals surface area contributed by atoms with Crippen molar-refractivity contribution in [2.24, 2.45) is 4.99 Å². The van der Waals surface area contributed by atoms with Crippen LogP contribution in [0, 0.1) is 5.41 Å². The fraction of sp³-hybridized carbons (Fsp3) is 0.160. The van der Waals surface area contributed by atoms with Gasteiger partial charge in [0.1, 0.15) is 17.2 Å². The lowest BCUT2D eigenvalue weighted by molar-refractivity contribution is -0.432. The highest BCUT2D eigenvalue weighted by atomic mass is 19.4. The maximum atomic E-state index is 12.2. The van der Waals surface area contributed by atoms with Crippen LogP contribution in [0.2, 0.25) is 0 Å². The normalized spacial score (nSPS) is 17.1. The van der Waals surface area contributed by atoms with Crippen molar-refractivity contribution in [3.8, 4) is 11.5 Å². The second-order valence-corrected chi connectivity index (χ2v) is 7.83. The van der Waals surface area contributed by atoms with Crippen molar-refractivity contribution < 1.29 is 32.8 Å². The van der Waals surface area contributed by atoms with Crippen LogP contribution < -0.4 is 20.1 Å². The first kappa shape index (κ1) is 24.0. The van der Waals surface area contributed by atoms with E-state index in [1.54, 1.807) is 41.7 Å². The monoisotopic (exact) mass is 483 g/mol. The first-order valence-corrected chi connectivity index (χ1v) is 10.7. The number of amides is 1. The maximum absolute atomic E-state index is 12.2. The number of ether oxygens (including phenoxy) is 2. The molecule has 0 aromatic heterocycles. The first-order chi connectivity index (χ1) is 16.8. The maximum Gasteiger partial charge on any atom is 0.573 e. The molecule has 2 unspecified atom stereocenters. The third-order valence-corrected chi connectivity index (χ3v) is 5.24. The highest BCUT2D eigenvalue weighted by Gasteiger charge is 2.40. The molecule has 4 N–H and O–H groups in total. The van der Waals surface area contributed by atoms with E-state index in [9.17, 15) is 18.0 Å². The molecule has 3 aromatic rings. The quantitative estimate of drug-likeness (QED) is 0.262. The van der Waals surface area contributed by atoms with Gasteiger partial charge < -0.3 is 14.8 Å². The lowest BCUT2D eigenvalue weighted by atomic mass is 10.1. The molecule has 1 aliphatic carbocycles. The van der Waals surface area contributed by atoms with Gasteiger partial charge in [-0.25, -0.2) is 4.79 Å². The van der Waals surface area contributed by atoms with Crippen LogP contribution in [0.1, 0.15) is 23.5 Å². The number of hydrogen-bond donors (Lipinski definition) is 3.